The molecule has 1 aliphatic rings. The fraction of sp³-hybridized carbons (Fsp3) is 0.286. The predicted molar refractivity (Wildman–Crippen MR) is 114 cm³/mol. The monoisotopic (exact) mass is 408 g/mol. The molecule has 28 heavy (non-hydrogen) atoms. The lowest BCUT2D eigenvalue weighted by Crippen LogP contribution is -2.14. The zero-order valence-corrected chi connectivity index (χ0v) is 17.2. The summed E-state index contributed by atoms with van der Waals surface area (Å²) in [6, 6.07) is 12.3. The molecule has 0 saturated carbocycles. The van der Waals surface area contributed by atoms with Crippen LogP contribution in [0.25, 0.3) is 11.3 Å². The van der Waals surface area contributed by atoms with Crippen LogP contribution < -0.4 is 5.32 Å². The van der Waals surface area contributed by atoms with E-state index >= 15 is 0 Å². The molecule has 2 heterocycles. The number of aromatic amines is 1. The molecule has 0 bridgehead atoms. The number of imidazole rings is 1. The quantitative estimate of drug-likeness (QED) is 0.587. The summed E-state index contributed by atoms with van der Waals surface area (Å²) in [7, 11) is 0. The number of aryl methyl sites for hydroxylation is 2. The molecule has 0 spiro atoms. The van der Waals surface area contributed by atoms with Gasteiger partial charge in [-0.3, -0.25) is 4.79 Å². The van der Waals surface area contributed by atoms with Crippen LogP contribution in [0.3, 0.4) is 0 Å². The molecule has 0 unspecified atom stereocenters. The standard InChI is InChI=1S/C21H20N4OS2/c1-13-19(14-7-3-2-4-8-14)25-21(23-13)27-12-18(26)24-20-16(11-22)15-9-5-6-10-17(15)28-20/h2-4,7-8H,5-6,9-10,12H2,1H3,(H,23,25)(H,24,26). The predicted octanol–water partition coefficient (Wildman–Crippen LogP) is 4.93. The number of anilines is 1. The number of thioether (sulfide) groups is 1. The summed E-state index contributed by atoms with van der Waals surface area (Å²) in [4.78, 5) is 21.6. The van der Waals surface area contributed by atoms with Crippen molar-refractivity contribution in [3.05, 3.63) is 52.0 Å². The van der Waals surface area contributed by atoms with E-state index in [-0.39, 0.29) is 11.7 Å². The average Bonchev–Trinajstić information content (AvgIpc) is 3.26. The van der Waals surface area contributed by atoms with Crippen molar-refractivity contribution in [2.24, 2.45) is 0 Å². The van der Waals surface area contributed by atoms with Crippen molar-refractivity contribution in [1.29, 1.82) is 5.26 Å². The summed E-state index contributed by atoms with van der Waals surface area (Å²) in [6.45, 7) is 1.98. The van der Waals surface area contributed by atoms with Crippen LogP contribution in [-0.4, -0.2) is 21.6 Å². The maximum Gasteiger partial charge on any atom is 0.235 e. The molecule has 0 atom stereocenters. The second kappa shape index (κ2) is 8.21. The lowest BCUT2D eigenvalue weighted by Gasteiger charge is -2.09. The Balaban J connectivity index is 1.42. The van der Waals surface area contributed by atoms with E-state index in [9.17, 15) is 10.1 Å². The molecule has 2 N–H and O–H groups in total. The first-order valence-corrected chi connectivity index (χ1v) is 11.0. The number of aromatic nitrogens is 2. The minimum Gasteiger partial charge on any atom is -0.337 e. The summed E-state index contributed by atoms with van der Waals surface area (Å²) in [6.07, 6.45) is 4.22. The van der Waals surface area contributed by atoms with Gasteiger partial charge in [-0.2, -0.15) is 5.26 Å². The minimum absolute atomic E-state index is 0.115. The van der Waals surface area contributed by atoms with Crippen LogP contribution in [0.2, 0.25) is 0 Å². The van der Waals surface area contributed by atoms with Crippen LogP contribution in [0.1, 0.15) is 34.5 Å². The Bertz CT molecular complexity index is 1050. The van der Waals surface area contributed by atoms with E-state index in [2.05, 4.69) is 21.4 Å². The second-order valence-corrected chi connectivity index (χ2v) is 8.81. The molecule has 2 aromatic heterocycles. The van der Waals surface area contributed by atoms with E-state index in [1.54, 1.807) is 11.3 Å². The van der Waals surface area contributed by atoms with Gasteiger partial charge in [0.15, 0.2) is 5.16 Å². The number of hydrogen-bond acceptors (Lipinski definition) is 5. The normalized spacial score (nSPS) is 13.0. The highest BCUT2D eigenvalue weighted by atomic mass is 32.2. The van der Waals surface area contributed by atoms with Crippen LogP contribution in [0.15, 0.2) is 35.5 Å². The zero-order chi connectivity index (χ0) is 19.5. The number of carbonyl (C=O) groups is 1. The summed E-state index contributed by atoms with van der Waals surface area (Å²) < 4.78 is 0. The topological polar surface area (TPSA) is 81.6 Å². The Morgan fingerprint density at radius 1 is 1.32 bits per heavy atom. The van der Waals surface area contributed by atoms with Crippen LogP contribution in [0.4, 0.5) is 5.00 Å². The molecule has 4 rings (SSSR count). The largest absolute Gasteiger partial charge is 0.337 e. The molecule has 0 aliphatic heterocycles. The van der Waals surface area contributed by atoms with E-state index in [4.69, 9.17) is 0 Å². The van der Waals surface area contributed by atoms with Gasteiger partial charge in [0.05, 0.1) is 17.0 Å². The Kier molecular flexibility index (Phi) is 5.51. The highest BCUT2D eigenvalue weighted by Crippen LogP contribution is 2.37. The average molecular weight is 409 g/mol. The molecule has 1 amide bonds. The molecule has 3 aromatic rings. The Labute approximate surface area is 172 Å². The first-order valence-electron chi connectivity index (χ1n) is 9.25. The van der Waals surface area contributed by atoms with Crippen molar-refractivity contribution in [1.82, 2.24) is 9.97 Å². The van der Waals surface area contributed by atoms with Gasteiger partial charge in [-0.25, -0.2) is 4.98 Å². The molecule has 0 radical (unpaired) electrons. The molecule has 0 saturated heterocycles. The summed E-state index contributed by atoms with van der Waals surface area (Å²) >= 11 is 2.92. The highest BCUT2D eigenvalue weighted by Gasteiger charge is 2.22. The molecule has 1 aromatic carbocycles. The Morgan fingerprint density at radius 3 is 2.89 bits per heavy atom. The number of rotatable bonds is 5. The number of nitrogens with one attached hydrogen (secondary N) is 2. The molecule has 7 heteroatoms. The number of benzene rings is 1. The first kappa shape index (κ1) is 18.8. The molecular formula is C21H20N4OS2. The minimum atomic E-state index is -0.115. The van der Waals surface area contributed by atoms with Crippen LogP contribution >= 0.6 is 23.1 Å². The van der Waals surface area contributed by atoms with E-state index in [1.165, 1.54) is 16.6 Å². The van der Waals surface area contributed by atoms with Crippen LogP contribution in [-0.2, 0) is 17.6 Å². The third-order valence-electron chi connectivity index (χ3n) is 4.79. The van der Waals surface area contributed by atoms with Gasteiger partial charge in [0.25, 0.3) is 0 Å². The zero-order valence-electron chi connectivity index (χ0n) is 15.5. The van der Waals surface area contributed by atoms with Gasteiger partial charge in [-0.1, -0.05) is 42.1 Å². The second-order valence-electron chi connectivity index (χ2n) is 6.75. The van der Waals surface area contributed by atoms with Gasteiger partial charge in [-0.15, -0.1) is 11.3 Å². The van der Waals surface area contributed by atoms with Crippen molar-refractivity contribution in [3.63, 3.8) is 0 Å². The highest BCUT2D eigenvalue weighted by molar-refractivity contribution is 7.99. The van der Waals surface area contributed by atoms with Gasteiger partial charge < -0.3 is 10.3 Å². The van der Waals surface area contributed by atoms with Crippen LogP contribution in [0, 0.1) is 18.3 Å². The van der Waals surface area contributed by atoms with Gasteiger partial charge in [0, 0.05) is 16.1 Å². The number of H-pyrrole nitrogens is 1. The van der Waals surface area contributed by atoms with Gasteiger partial charge in [0.2, 0.25) is 5.91 Å². The van der Waals surface area contributed by atoms with E-state index in [0.29, 0.717) is 10.6 Å². The number of carbonyl (C=O) groups excluding carboxylic acids is 1. The third kappa shape index (κ3) is 3.84. The number of thiophene rings is 1. The maximum absolute atomic E-state index is 12.5. The first-order chi connectivity index (χ1) is 13.7. The van der Waals surface area contributed by atoms with Crippen LogP contribution in [0.5, 0.6) is 0 Å². The summed E-state index contributed by atoms with van der Waals surface area (Å²) in [5.41, 5.74) is 4.72. The number of nitriles is 1. The number of amides is 1. The SMILES string of the molecule is Cc1[nH]c(SCC(=O)Nc2sc3c(c2C#N)CCCC3)nc1-c1ccccc1. The van der Waals surface area contributed by atoms with Crippen molar-refractivity contribution >= 4 is 34.0 Å². The van der Waals surface area contributed by atoms with Gasteiger partial charge in [-0.05, 0) is 38.2 Å². The lowest BCUT2D eigenvalue weighted by atomic mass is 9.96. The molecular weight excluding hydrogens is 388 g/mol. The smallest absolute Gasteiger partial charge is 0.235 e. The van der Waals surface area contributed by atoms with Crippen molar-refractivity contribution < 1.29 is 4.79 Å². The Hall–Kier alpha value is -2.56. The number of hydrogen-bond donors (Lipinski definition) is 2. The maximum atomic E-state index is 12.5. The molecule has 0 fully saturated rings. The lowest BCUT2D eigenvalue weighted by molar-refractivity contribution is -0.113. The van der Waals surface area contributed by atoms with E-state index < -0.39 is 0 Å². The summed E-state index contributed by atoms with van der Waals surface area (Å²) in [5, 5.41) is 13.9. The molecule has 5 nitrogen and oxygen atoms in total. The molecule has 1 aliphatic carbocycles. The van der Waals surface area contributed by atoms with E-state index in [0.717, 1.165) is 53.4 Å². The van der Waals surface area contributed by atoms with E-state index in [1.807, 2.05) is 37.3 Å². The Morgan fingerprint density at radius 2 is 2.11 bits per heavy atom. The van der Waals surface area contributed by atoms with Gasteiger partial charge in [0.1, 0.15) is 11.1 Å². The van der Waals surface area contributed by atoms with Crippen molar-refractivity contribution in [2.45, 2.75) is 37.8 Å². The fourth-order valence-corrected chi connectivity index (χ4v) is 5.42. The van der Waals surface area contributed by atoms with Gasteiger partial charge >= 0.3 is 0 Å². The third-order valence-corrected chi connectivity index (χ3v) is 6.87. The molecule has 142 valence electrons. The fourth-order valence-electron chi connectivity index (χ4n) is 3.45. The van der Waals surface area contributed by atoms with Crippen molar-refractivity contribution in [2.75, 3.05) is 11.1 Å². The number of fused-ring (bicyclic) bond motifs is 1. The number of nitrogens with zero attached hydrogens (tertiary/aromatic N) is 2. The summed E-state index contributed by atoms with van der Waals surface area (Å²) in [5.74, 6) is 0.129. The van der Waals surface area contributed by atoms with Crippen molar-refractivity contribution in [3.8, 4) is 17.3 Å².